The first kappa shape index (κ1) is 11.7. The van der Waals surface area contributed by atoms with Crippen LogP contribution in [0.2, 0.25) is 0 Å². The molecule has 0 aromatic heterocycles. The molecule has 2 aliphatic rings. The molecule has 2 unspecified atom stereocenters. The lowest BCUT2D eigenvalue weighted by molar-refractivity contribution is -0.124. The lowest BCUT2D eigenvalue weighted by Gasteiger charge is -2.28. The van der Waals surface area contributed by atoms with Crippen molar-refractivity contribution >= 4 is 11.6 Å². The molecule has 1 spiro atoms. The summed E-state index contributed by atoms with van der Waals surface area (Å²) in [5, 5.41) is 0. The van der Waals surface area contributed by atoms with Crippen molar-refractivity contribution < 1.29 is 9.18 Å². The molecule has 0 bridgehead atoms. The number of hydrogen-bond acceptors (Lipinski definition) is 1. The Hall–Kier alpha value is -1.38. The van der Waals surface area contributed by atoms with E-state index < -0.39 is 5.41 Å². The van der Waals surface area contributed by atoms with Crippen LogP contribution in [-0.4, -0.2) is 12.5 Å². The van der Waals surface area contributed by atoms with E-state index >= 15 is 0 Å². The first-order valence-electron chi connectivity index (χ1n) is 6.74. The van der Waals surface area contributed by atoms with E-state index in [9.17, 15) is 9.18 Å². The number of benzene rings is 1. The maximum atomic E-state index is 14.1. The van der Waals surface area contributed by atoms with Gasteiger partial charge in [0.05, 0.1) is 11.1 Å². The monoisotopic (exact) mass is 247 g/mol. The fourth-order valence-electron chi connectivity index (χ4n) is 3.81. The zero-order valence-electron chi connectivity index (χ0n) is 10.9. The van der Waals surface area contributed by atoms with Crippen LogP contribution in [0.25, 0.3) is 0 Å². The highest BCUT2D eigenvalue weighted by atomic mass is 19.1. The normalized spacial score (nSPS) is 30.3. The van der Waals surface area contributed by atoms with Gasteiger partial charge in [-0.3, -0.25) is 4.79 Å². The topological polar surface area (TPSA) is 20.3 Å². The van der Waals surface area contributed by atoms with Gasteiger partial charge < -0.3 is 4.90 Å². The summed E-state index contributed by atoms with van der Waals surface area (Å²) in [6.07, 6.45) is 2.97. The minimum Gasteiger partial charge on any atom is -0.309 e. The van der Waals surface area contributed by atoms with Gasteiger partial charge in [-0.25, -0.2) is 4.39 Å². The molecule has 1 saturated carbocycles. The first-order valence-corrected chi connectivity index (χ1v) is 6.74. The third-order valence-corrected chi connectivity index (χ3v) is 4.73. The number of rotatable bonds is 1. The van der Waals surface area contributed by atoms with Gasteiger partial charge in [-0.15, -0.1) is 0 Å². The molecule has 2 atom stereocenters. The summed E-state index contributed by atoms with van der Waals surface area (Å²) < 4.78 is 14.1. The molecule has 18 heavy (non-hydrogen) atoms. The molecule has 1 aliphatic carbocycles. The summed E-state index contributed by atoms with van der Waals surface area (Å²) >= 11 is 0. The van der Waals surface area contributed by atoms with E-state index in [1.54, 1.807) is 11.0 Å². The zero-order valence-corrected chi connectivity index (χ0v) is 10.9. The Morgan fingerprint density at radius 1 is 1.50 bits per heavy atom. The average Bonchev–Trinajstić information content (AvgIpc) is 2.84. The molecule has 96 valence electrons. The van der Waals surface area contributed by atoms with Gasteiger partial charge in [0.15, 0.2) is 0 Å². The van der Waals surface area contributed by atoms with Gasteiger partial charge >= 0.3 is 0 Å². The Labute approximate surface area is 107 Å². The first-order chi connectivity index (χ1) is 8.63. The van der Waals surface area contributed by atoms with E-state index in [-0.39, 0.29) is 11.7 Å². The molecular weight excluding hydrogens is 229 g/mol. The summed E-state index contributed by atoms with van der Waals surface area (Å²) in [5.74, 6) is 0.149. The number of carbonyl (C=O) groups excluding carboxylic acids is 1. The number of halogens is 1. The number of amides is 1. The molecular formula is C15H18FNO. The Morgan fingerprint density at radius 2 is 2.28 bits per heavy atom. The van der Waals surface area contributed by atoms with E-state index in [1.807, 2.05) is 13.0 Å². The van der Waals surface area contributed by atoms with Crippen molar-refractivity contribution in [3.63, 3.8) is 0 Å². The number of para-hydroxylation sites is 1. The van der Waals surface area contributed by atoms with Gasteiger partial charge in [-0.05, 0) is 37.3 Å². The van der Waals surface area contributed by atoms with E-state index in [2.05, 4.69) is 6.92 Å². The van der Waals surface area contributed by atoms with Crippen LogP contribution in [0, 0.1) is 11.7 Å². The van der Waals surface area contributed by atoms with Crippen molar-refractivity contribution in [3.05, 3.63) is 29.6 Å². The molecule has 1 aliphatic heterocycles. The van der Waals surface area contributed by atoms with E-state index in [1.165, 1.54) is 6.07 Å². The molecule has 1 aromatic rings. The van der Waals surface area contributed by atoms with Crippen molar-refractivity contribution in [3.8, 4) is 0 Å². The van der Waals surface area contributed by atoms with Crippen LogP contribution in [0.4, 0.5) is 10.1 Å². The summed E-state index contributed by atoms with van der Waals surface area (Å²) in [7, 11) is 0. The Morgan fingerprint density at radius 3 is 2.89 bits per heavy atom. The number of hydrogen-bond donors (Lipinski definition) is 0. The van der Waals surface area contributed by atoms with Crippen molar-refractivity contribution in [2.75, 3.05) is 11.4 Å². The summed E-state index contributed by atoms with van der Waals surface area (Å²) in [5.41, 5.74) is 0.992. The van der Waals surface area contributed by atoms with Gasteiger partial charge in [-0.2, -0.15) is 0 Å². The van der Waals surface area contributed by atoms with Crippen LogP contribution in [0.5, 0.6) is 0 Å². The van der Waals surface area contributed by atoms with Gasteiger partial charge in [-0.1, -0.05) is 25.5 Å². The van der Waals surface area contributed by atoms with Crippen LogP contribution < -0.4 is 4.90 Å². The van der Waals surface area contributed by atoms with Crippen LogP contribution in [0.1, 0.15) is 38.7 Å². The molecule has 0 N–H and O–H groups in total. The molecule has 1 heterocycles. The molecule has 1 aromatic carbocycles. The summed E-state index contributed by atoms with van der Waals surface area (Å²) in [6, 6.07) is 5.12. The highest BCUT2D eigenvalue weighted by Gasteiger charge is 2.56. The summed E-state index contributed by atoms with van der Waals surface area (Å²) in [4.78, 5) is 14.4. The lowest BCUT2D eigenvalue weighted by atomic mass is 9.74. The minimum atomic E-state index is -0.451. The van der Waals surface area contributed by atoms with Crippen molar-refractivity contribution in [2.24, 2.45) is 5.92 Å². The van der Waals surface area contributed by atoms with Crippen molar-refractivity contribution in [2.45, 2.75) is 38.5 Å². The fourth-order valence-corrected chi connectivity index (χ4v) is 3.81. The number of likely N-dealkylation sites (N-methyl/N-ethyl adjacent to an activating group) is 1. The average molecular weight is 247 g/mol. The fraction of sp³-hybridized carbons (Fsp3) is 0.533. The van der Waals surface area contributed by atoms with Crippen LogP contribution in [-0.2, 0) is 10.2 Å². The van der Waals surface area contributed by atoms with Crippen LogP contribution in [0.3, 0.4) is 0 Å². The predicted molar refractivity (Wildman–Crippen MR) is 69.1 cm³/mol. The highest BCUT2D eigenvalue weighted by Crippen LogP contribution is 2.54. The molecule has 0 saturated heterocycles. The van der Waals surface area contributed by atoms with Gasteiger partial charge in [0.25, 0.3) is 0 Å². The number of fused-ring (bicyclic) bond motifs is 2. The number of anilines is 1. The zero-order chi connectivity index (χ0) is 12.9. The van der Waals surface area contributed by atoms with Gasteiger partial charge in [0, 0.05) is 6.54 Å². The Bertz CT molecular complexity index is 513. The van der Waals surface area contributed by atoms with Crippen LogP contribution in [0.15, 0.2) is 18.2 Å². The van der Waals surface area contributed by atoms with Gasteiger partial charge in [0.2, 0.25) is 5.91 Å². The number of carbonyl (C=O) groups is 1. The molecule has 1 fully saturated rings. The van der Waals surface area contributed by atoms with E-state index in [0.717, 1.165) is 24.8 Å². The Balaban J connectivity index is 2.26. The molecule has 3 heteroatoms. The van der Waals surface area contributed by atoms with E-state index in [4.69, 9.17) is 0 Å². The standard InChI is InChI=1S/C15H18FNO/c1-3-17-13-11(7-4-8-12(13)16)15(14(17)18)9-5-6-10(15)2/h4,7-8,10H,3,5-6,9H2,1-2H3. The van der Waals surface area contributed by atoms with Crippen molar-refractivity contribution in [1.29, 1.82) is 0 Å². The molecule has 2 nitrogen and oxygen atoms in total. The molecule has 3 rings (SSSR count). The van der Waals surface area contributed by atoms with Crippen LogP contribution >= 0.6 is 0 Å². The number of nitrogens with zero attached hydrogens (tertiary/aromatic N) is 1. The summed E-state index contributed by atoms with van der Waals surface area (Å²) in [6.45, 7) is 4.58. The molecule has 1 amide bonds. The maximum absolute atomic E-state index is 14.1. The van der Waals surface area contributed by atoms with Gasteiger partial charge in [0.1, 0.15) is 5.82 Å². The maximum Gasteiger partial charge on any atom is 0.238 e. The second-order valence-electron chi connectivity index (χ2n) is 5.45. The minimum absolute atomic E-state index is 0.107. The van der Waals surface area contributed by atoms with Crippen molar-refractivity contribution in [1.82, 2.24) is 0 Å². The predicted octanol–water partition coefficient (Wildman–Crippen LogP) is 3.25. The Kier molecular flexibility index (Phi) is 2.47. The quantitative estimate of drug-likeness (QED) is 0.746. The second-order valence-corrected chi connectivity index (χ2v) is 5.45. The smallest absolute Gasteiger partial charge is 0.238 e. The lowest BCUT2D eigenvalue weighted by Crippen LogP contribution is -2.42. The third kappa shape index (κ3) is 1.20. The SMILES string of the molecule is CCN1C(=O)C2(CCCC2C)c2cccc(F)c21. The molecule has 0 radical (unpaired) electrons. The highest BCUT2D eigenvalue weighted by molar-refractivity contribution is 6.08. The van der Waals surface area contributed by atoms with E-state index in [0.29, 0.717) is 18.2 Å². The third-order valence-electron chi connectivity index (χ3n) is 4.73. The largest absolute Gasteiger partial charge is 0.309 e. The second kappa shape index (κ2) is 3.81.